The number of nitrogens with zero attached hydrogens (tertiary/aromatic N) is 4. The van der Waals surface area contributed by atoms with Gasteiger partial charge in [0, 0.05) is 37.9 Å². The van der Waals surface area contributed by atoms with Crippen LogP contribution in [0.1, 0.15) is 17.5 Å². The maximum absolute atomic E-state index is 12.6. The molecule has 2 heterocycles. The van der Waals surface area contributed by atoms with Gasteiger partial charge in [0.05, 0.1) is 13.0 Å². The molecule has 0 radical (unpaired) electrons. The summed E-state index contributed by atoms with van der Waals surface area (Å²) in [6.45, 7) is 7.43. The lowest BCUT2D eigenvalue weighted by Gasteiger charge is -2.35. The number of aromatic nitrogens is 2. The number of amides is 1. The van der Waals surface area contributed by atoms with Gasteiger partial charge in [0.15, 0.2) is 5.82 Å². The fraction of sp³-hybridized carbons (Fsp3) is 0.320. The Hall–Kier alpha value is -3.41. The summed E-state index contributed by atoms with van der Waals surface area (Å²) in [4.78, 5) is 25.8. The fourth-order valence-corrected chi connectivity index (χ4v) is 3.65. The second kappa shape index (κ2) is 9.60. The van der Waals surface area contributed by atoms with E-state index in [4.69, 9.17) is 9.72 Å². The van der Waals surface area contributed by atoms with Crippen LogP contribution in [0, 0.1) is 13.8 Å². The van der Waals surface area contributed by atoms with Gasteiger partial charge in [0.25, 0.3) is 0 Å². The smallest absolute Gasteiger partial charge is 0.226 e. The molecule has 6 heteroatoms. The van der Waals surface area contributed by atoms with Gasteiger partial charge in [0.1, 0.15) is 11.6 Å². The van der Waals surface area contributed by atoms with Gasteiger partial charge in [-0.25, -0.2) is 9.97 Å². The number of hydrogen-bond acceptors (Lipinski definition) is 5. The van der Waals surface area contributed by atoms with Gasteiger partial charge < -0.3 is 14.5 Å². The Labute approximate surface area is 183 Å². The van der Waals surface area contributed by atoms with Crippen LogP contribution in [0.4, 0.5) is 5.82 Å². The predicted molar refractivity (Wildman–Crippen MR) is 122 cm³/mol. The third-order valence-electron chi connectivity index (χ3n) is 5.69. The third kappa shape index (κ3) is 5.20. The van der Waals surface area contributed by atoms with Gasteiger partial charge in [-0.15, -0.1) is 0 Å². The minimum atomic E-state index is 0.135. The first-order valence-corrected chi connectivity index (χ1v) is 10.7. The molecular formula is C25H28N4O2. The van der Waals surface area contributed by atoms with E-state index >= 15 is 0 Å². The highest BCUT2D eigenvalue weighted by Gasteiger charge is 2.22. The molecule has 31 heavy (non-hydrogen) atoms. The van der Waals surface area contributed by atoms with Crippen LogP contribution in [-0.2, 0) is 4.79 Å². The minimum absolute atomic E-state index is 0.135. The number of hydrogen-bond donors (Lipinski definition) is 0. The number of rotatable bonds is 6. The van der Waals surface area contributed by atoms with E-state index in [1.165, 1.54) is 11.1 Å². The summed E-state index contributed by atoms with van der Waals surface area (Å²) in [6, 6.07) is 17.9. The van der Waals surface area contributed by atoms with Crippen LogP contribution in [-0.4, -0.2) is 53.6 Å². The maximum atomic E-state index is 12.6. The van der Waals surface area contributed by atoms with Crippen molar-refractivity contribution in [1.82, 2.24) is 14.9 Å². The van der Waals surface area contributed by atoms with E-state index in [2.05, 4.69) is 23.7 Å². The van der Waals surface area contributed by atoms with Crippen molar-refractivity contribution in [1.29, 1.82) is 0 Å². The van der Waals surface area contributed by atoms with Crippen LogP contribution in [0.3, 0.4) is 0 Å². The predicted octanol–water partition coefficient (Wildman–Crippen LogP) is 3.88. The van der Waals surface area contributed by atoms with Crippen molar-refractivity contribution < 1.29 is 9.53 Å². The molecule has 160 valence electrons. The first-order valence-electron chi connectivity index (χ1n) is 10.7. The van der Waals surface area contributed by atoms with E-state index in [-0.39, 0.29) is 5.91 Å². The fourth-order valence-electron chi connectivity index (χ4n) is 3.65. The Morgan fingerprint density at radius 1 is 0.968 bits per heavy atom. The minimum Gasteiger partial charge on any atom is -0.493 e. The van der Waals surface area contributed by atoms with Crippen LogP contribution >= 0.6 is 0 Å². The number of carbonyl (C=O) groups is 1. The number of ether oxygens (including phenoxy) is 1. The largest absolute Gasteiger partial charge is 0.493 e. The van der Waals surface area contributed by atoms with Gasteiger partial charge in [-0.2, -0.15) is 0 Å². The van der Waals surface area contributed by atoms with Gasteiger partial charge in [-0.3, -0.25) is 4.79 Å². The molecule has 0 atom stereocenters. The van der Waals surface area contributed by atoms with E-state index in [1.807, 2.05) is 59.5 Å². The molecule has 1 aromatic heterocycles. The first-order chi connectivity index (χ1) is 15.1. The number of benzene rings is 2. The van der Waals surface area contributed by atoms with Crippen molar-refractivity contribution >= 4 is 11.7 Å². The topological polar surface area (TPSA) is 58.6 Å². The average molecular weight is 417 g/mol. The molecule has 1 amide bonds. The van der Waals surface area contributed by atoms with Crippen molar-refractivity contribution in [3.8, 4) is 17.1 Å². The molecule has 1 aliphatic rings. The molecule has 0 unspecified atom stereocenters. The molecule has 3 aromatic rings. The monoisotopic (exact) mass is 416 g/mol. The third-order valence-corrected chi connectivity index (χ3v) is 5.69. The summed E-state index contributed by atoms with van der Waals surface area (Å²) < 4.78 is 5.77. The van der Waals surface area contributed by atoms with E-state index in [1.54, 1.807) is 6.20 Å². The summed E-state index contributed by atoms with van der Waals surface area (Å²) in [6.07, 6.45) is 2.19. The van der Waals surface area contributed by atoms with Crippen LogP contribution in [0.25, 0.3) is 11.4 Å². The number of piperazine rings is 1. The Kier molecular flexibility index (Phi) is 6.46. The van der Waals surface area contributed by atoms with Crippen LogP contribution in [0.5, 0.6) is 5.75 Å². The molecule has 1 aliphatic heterocycles. The lowest BCUT2D eigenvalue weighted by Crippen LogP contribution is -2.49. The SMILES string of the molecule is Cc1ccc(OCCC(=O)N2CCN(c3ccnc(-c4ccccc4)n3)CC2)cc1C. The molecule has 0 saturated carbocycles. The Balaban J connectivity index is 1.27. The van der Waals surface area contributed by atoms with Crippen molar-refractivity contribution in [2.75, 3.05) is 37.7 Å². The first kappa shape index (κ1) is 20.8. The Morgan fingerprint density at radius 2 is 1.74 bits per heavy atom. The zero-order valence-electron chi connectivity index (χ0n) is 18.1. The highest BCUT2D eigenvalue weighted by molar-refractivity contribution is 5.76. The van der Waals surface area contributed by atoms with Crippen molar-refractivity contribution in [2.45, 2.75) is 20.3 Å². The quantitative estimate of drug-likeness (QED) is 0.610. The summed E-state index contributed by atoms with van der Waals surface area (Å²) in [5, 5.41) is 0. The number of carbonyl (C=O) groups excluding carboxylic acids is 1. The van der Waals surface area contributed by atoms with Gasteiger partial charge in [-0.05, 0) is 43.2 Å². The lowest BCUT2D eigenvalue weighted by atomic mass is 10.1. The molecule has 0 aliphatic carbocycles. The van der Waals surface area contributed by atoms with Crippen molar-refractivity contribution in [3.63, 3.8) is 0 Å². The Bertz CT molecular complexity index is 1030. The second-order valence-corrected chi connectivity index (χ2v) is 7.82. The van der Waals surface area contributed by atoms with E-state index in [0.29, 0.717) is 26.1 Å². The van der Waals surface area contributed by atoms with E-state index in [0.717, 1.165) is 36.0 Å². The molecule has 1 fully saturated rings. The van der Waals surface area contributed by atoms with Gasteiger partial charge in [0.2, 0.25) is 5.91 Å². The maximum Gasteiger partial charge on any atom is 0.226 e. The highest BCUT2D eigenvalue weighted by atomic mass is 16.5. The van der Waals surface area contributed by atoms with Crippen LogP contribution < -0.4 is 9.64 Å². The van der Waals surface area contributed by atoms with Crippen LogP contribution in [0.15, 0.2) is 60.8 Å². The van der Waals surface area contributed by atoms with Crippen molar-refractivity contribution in [2.24, 2.45) is 0 Å². The zero-order valence-corrected chi connectivity index (χ0v) is 18.1. The van der Waals surface area contributed by atoms with Crippen molar-refractivity contribution in [3.05, 3.63) is 71.9 Å². The zero-order chi connectivity index (χ0) is 21.6. The van der Waals surface area contributed by atoms with Gasteiger partial charge in [-0.1, -0.05) is 36.4 Å². The van der Waals surface area contributed by atoms with Gasteiger partial charge >= 0.3 is 0 Å². The molecule has 0 bridgehead atoms. The highest BCUT2D eigenvalue weighted by Crippen LogP contribution is 2.20. The second-order valence-electron chi connectivity index (χ2n) is 7.82. The summed E-state index contributed by atoms with van der Waals surface area (Å²) in [7, 11) is 0. The normalized spacial score (nSPS) is 13.9. The Morgan fingerprint density at radius 3 is 2.48 bits per heavy atom. The van der Waals surface area contributed by atoms with E-state index in [9.17, 15) is 4.79 Å². The summed E-state index contributed by atoms with van der Waals surface area (Å²) in [5.41, 5.74) is 3.43. The number of anilines is 1. The molecule has 6 nitrogen and oxygen atoms in total. The lowest BCUT2D eigenvalue weighted by molar-refractivity contribution is -0.132. The molecule has 2 aromatic carbocycles. The summed E-state index contributed by atoms with van der Waals surface area (Å²) in [5.74, 6) is 2.58. The molecule has 0 N–H and O–H groups in total. The molecule has 0 spiro atoms. The summed E-state index contributed by atoms with van der Waals surface area (Å²) >= 11 is 0. The van der Waals surface area contributed by atoms with Crippen LogP contribution in [0.2, 0.25) is 0 Å². The number of aryl methyl sites for hydroxylation is 2. The molecule has 1 saturated heterocycles. The molecular weight excluding hydrogens is 388 g/mol. The average Bonchev–Trinajstić information content (AvgIpc) is 2.82. The standard InChI is InChI=1S/C25H28N4O2/c1-19-8-9-22(18-20(19)2)31-17-11-24(30)29-15-13-28(14-16-29)23-10-12-26-25(27-23)21-6-4-3-5-7-21/h3-10,12,18H,11,13-17H2,1-2H3. The van der Waals surface area contributed by atoms with E-state index < -0.39 is 0 Å². The molecule has 4 rings (SSSR count).